The normalized spacial score (nSPS) is 15.6. The van der Waals surface area contributed by atoms with Crippen molar-refractivity contribution in [2.75, 3.05) is 21.7 Å². The van der Waals surface area contributed by atoms with Crippen molar-refractivity contribution in [3.05, 3.63) is 177 Å². The van der Waals surface area contributed by atoms with Gasteiger partial charge in [0.15, 0.2) is 0 Å². The molecule has 0 bridgehead atoms. The van der Waals surface area contributed by atoms with Crippen LogP contribution in [0.4, 0.5) is 45.5 Å². The maximum absolute atomic E-state index is 2.66. The minimum atomic E-state index is -0.157. The Balaban J connectivity index is 1.23. The third-order valence-corrected chi connectivity index (χ3v) is 12.5. The Morgan fingerprint density at radius 2 is 1.13 bits per heavy atom. The number of hydrogen-bond donors (Lipinski definition) is 0. The lowest BCUT2D eigenvalue weighted by Crippen LogP contribution is -2.37. The Labute approximate surface area is 320 Å². The first-order valence-electron chi connectivity index (χ1n) is 19.4. The van der Waals surface area contributed by atoms with Gasteiger partial charge in [-0.3, -0.25) is 0 Å². The molecule has 1 unspecified atom stereocenters. The molecule has 54 heavy (non-hydrogen) atoms. The Morgan fingerprint density at radius 1 is 0.519 bits per heavy atom. The van der Waals surface area contributed by atoms with Crippen molar-refractivity contribution in [3.8, 4) is 0 Å². The second kappa shape index (κ2) is 11.6. The van der Waals surface area contributed by atoms with E-state index < -0.39 is 0 Å². The molecule has 3 nitrogen and oxygen atoms in total. The minimum Gasteiger partial charge on any atom is -0.345 e. The summed E-state index contributed by atoms with van der Waals surface area (Å²) in [6, 6.07) is 46.4. The van der Waals surface area contributed by atoms with E-state index in [2.05, 4.69) is 192 Å². The van der Waals surface area contributed by atoms with Crippen LogP contribution in [-0.4, -0.2) is 7.05 Å². The molecule has 7 aromatic rings. The number of para-hydroxylation sites is 1. The van der Waals surface area contributed by atoms with Crippen molar-refractivity contribution in [3.63, 3.8) is 0 Å². The maximum atomic E-state index is 2.66. The van der Waals surface area contributed by atoms with Crippen LogP contribution in [0.1, 0.15) is 82.3 Å². The number of nitrogens with zero attached hydrogens (tertiary/aromatic N) is 3. The van der Waals surface area contributed by atoms with Gasteiger partial charge in [-0.05, 0) is 155 Å². The molecule has 3 heteroatoms. The van der Waals surface area contributed by atoms with E-state index in [9.17, 15) is 0 Å². The highest BCUT2D eigenvalue weighted by Gasteiger charge is 2.46. The van der Waals surface area contributed by atoms with Crippen LogP contribution in [0.2, 0.25) is 0 Å². The molecule has 0 amide bonds. The lowest BCUT2D eigenvalue weighted by Gasteiger charge is -2.50. The Hall–Kier alpha value is -5.80. The van der Waals surface area contributed by atoms with Crippen molar-refractivity contribution >= 4 is 56.3 Å². The second-order valence-electron chi connectivity index (χ2n) is 16.8. The zero-order valence-electron chi connectivity index (χ0n) is 32.7. The van der Waals surface area contributed by atoms with Crippen LogP contribution < -0.4 is 14.7 Å². The molecule has 0 N–H and O–H groups in total. The van der Waals surface area contributed by atoms with E-state index in [0.717, 1.165) is 6.42 Å². The van der Waals surface area contributed by atoms with Gasteiger partial charge in [0.05, 0.1) is 17.1 Å². The quantitative estimate of drug-likeness (QED) is 0.177. The van der Waals surface area contributed by atoms with E-state index in [1.165, 1.54) is 112 Å². The fraction of sp³-hybridized carbons (Fsp3) is 0.216. The SMILES string of the molecule is Cc1cc(C)cc(N(C)c2cc3c4c(c2)C(C)(C)c2cccc5c2N4c2c(cc(N(c4cc(C)cc(C)c4)c4ccc6ccccc6c4)cc2C3C)C5)c1. The first-order chi connectivity index (χ1) is 26.0. The summed E-state index contributed by atoms with van der Waals surface area (Å²) >= 11 is 0. The highest BCUT2D eigenvalue weighted by molar-refractivity contribution is 5.99. The van der Waals surface area contributed by atoms with Gasteiger partial charge in [-0.25, -0.2) is 0 Å². The van der Waals surface area contributed by atoms with Crippen molar-refractivity contribution < 1.29 is 0 Å². The van der Waals surface area contributed by atoms with Crippen LogP contribution in [0, 0.1) is 27.7 Å². The average Bonchev–Trinajstić information content (AvgIpc) is 3.14. The van der Waals surface area contributed by atoms with Crippen LogP contribution in [0.25, 0.3) is 10.8 Å². The number of aryl methyl sites for hydroxylation is 4. The largest absolute Gasteiger partial charge is 0.345 e. The molecule has 266 valence electrons. The second-order valence-corrected chi connectivity index (χ2v) is 16.8. The molecule has 1 atom stereocenters. The Kier molecular flexibility index (Phi) is 7.05. The lowest BCUT2D eigenvalue weighted by molar-refractivity contribution is 0.623. The number of rotatable bonds is 5. The molecule has 0 fully saturated rings. The van der Waals surface area contributed by atoms with Gasteiger partial charge in [0.25, 0.3) is 0 Å². The Morgan fingerprint density at radius 3 is 1.85 bits per heavy atom. The van der Waals surface area contributed by atoms with Crippen molar-refractivity contribution in [1.82, 2.24) is 0 Å². The third kappa shape index (κ3) is 4.80. The van der Waals surface area contributed by atoms with E-state index in [1.54, 1.807) is 0 Å². The zero-order chi connectivity index (χ0) is 37.2. The lowest BCUT2D eigenvalue weighted by atomic mass is 9.67. The Bertz CT molecular complexity index is 2680. The van der Waals surface area contributed by atoms with Crippen molar-refractivity contribution in [2.24, 2.45) is 0 Å². The van der Waals surface area contributed by atoms with Gasteiger partial charge in [0, 0.05) is 53.2 Å². The van der Waals surface area contributed by atoms with Gasteiger partial charge < -0.3 is 14.7 Å². The molecular weight excluding hydrogens is 655 g/mol. The van der Waals surface area contributed by atoms with Gasteiger partial charge in [0.2, 0.25) is 0 Å². The van der Waals surface area contributed by atoms with E-state index in [4.69, 9.17) is 0 Å². The monoisotopic (exact) mass is 701 g/mol. The molecule has 10 rings (SSSR count). The first kappa shape index (κ1) is 32.8. The van der Waals surface area contributed by atoms with E-state index in [1.807, 2.05) is 0 Å². The molecule has 0 aliphatic carbocycles. The number of fused-ring (bicyclic) bond motifs is 1. The first-order valence-corrected chi connectivity index (χ1v) is 19.4. The highest BCUT2D eigenvalue weighted by Crippen LogP contribution is 2.63. The third-order valence-electron chi connectivity index (χ3n) is 12.5. The predicted octanol–water partition coefficient (Wildman–Crippen LogP) is 13.8. The van der Waals surface area contributed by atoms with E-state index >= 15 is 0 Å². The minimum absolute atomic E-state index is 0.157. The summed E-state index contributed by atoms with van der Waals surface area (Å²) in [4.78, 5) is 7.54. The molecule has 3 aliphatic heterocycles. The smallest absolute Gasteiger partial charge is 0.0542 e. The van der Waals surface area contributed by atoms with Gasteiger partial charge in [-0.2, -0.15) is 0 Å². The summed E-state index contributed by atoms with van der Waals surface area (Å²) in [5, 5.41) is 2.50. The fourth-order valence-corrected chi connectivity index (χ4v) is 9.95. The molecule has 0 radical (unpaired) electrons. The molecule has 0 saturated carbocycles. The zero-order valence-corrected chi connectivity index (χ0v) is 32.7. The van der Waals surface area contributed by atoms with Crippen molar-refractivity contribution in [1.29, 1.82) is 0 Å². The van der Waals surface area contributed by atoms with Crippen molar-refractivity contribution in [2.45, 2.75) is 66.2 Å². The van der Waals surface area contributed by atoms with E-state index in [-0.39, 0.29) is 11.3 Å². The summed E-state index contributed by atoms with van der Waals surface area (Å²) in [5.74, 6) is 0.191. The molecule has 3 heterocycles. The van der Waals surface area contributed by atoms with Crippen LogP contribution >= 0.6 is 0 Å². The summed E-state index contributed by atoms with van der Waals surface area (Å²) in [5.41, 5.74) is 23.5. The summed E-state index contributed by atoms with van der Waals surface area (Å²) in [7, 11) is 2.23. The number of hydrogen-bond acceptors (Lipinski definition) is 3. The van der Waals surface area contributed by atoms with Crippen LogP contribution in [0.5, 0.6) is 0 Å². The van der Waals surface area contributed by atoms with Gasteiger partial charge in [-0.1, -0.05) is 81.4 Å². The molecular formula is C51H47N3. The van der Waals surface area contributed by atoms with Crippen LogP contribution in [0.15, 0.2) is 121 Å². The topological polar surface area (TPSA) is 9.72 Å². The fourth-order valence-electron chi connectivity index (χ4n) is 9.95. The van der Waals surface area contributed by atoms with Gasteiger partial charge in [0.1, 0.15) is 0 Å². The van der Waals surface area contributed by atoms with Crippen LogP contribution in [-0.2, 0) is 11.8 Å². The molecule has 3 aliphatic rings. The average molecular weight is 702 g/mol. The van der Waals surface area contributed by atoms with Crippen LogP contribution in [0.3, 0.4) is 0 Å². The summed E-state index contributed by atoms with van der Waals surface area (Å²) in [6.07, 6.45) is 0.912. The highest BCUT2D eigenvalue weighted by atomic mass is 15.2. The number of anilines is 8. The molecule has 7 aromatic carbocycles. The maximum Gasteiger partial charge on any atom is 0.0542 e. The summed E-state index contributed by atoms with van der Waals surface area (Å²) in [6.45, 7) is 16.1. The van der Waals surface area contributed by atoms with Gasteiger partial charge >= 0.3 is 0 Å². The van der Waals surface area contributed by atoms with Gasteiger partial charge in [-0.15, -0.1) is 0 Å². The van der Waals surface area contributed by atoms with E-state index in [0.29, 0.717) is 0 Å². The molecule has 0 aromatic heterocycles. The summed E-state index contributed by atoms with van der Waals surface area (Å²) < 4.78 is 0. The molecule has 0 saturated heterocycles. The standard InChI is InChI=1S/C51H47N3/c1-30-18-31(2)21-40(20-30)52(8)41-27-45-34(5)44-28-43(53(42-22-32(3)19-33(4)23-42)39-17-16-35-12-9-10-13-36(35)25-39)26-38-24-37-14-11-15-46-49(37)54(48(38)44)50(45)47(29-41)51(46,6)7/h9-23,25-29,34H,24H2,1-8H3. The molecule has 0 spiro atoms. The predicted molar refractivity (Wildman–Crippen MR) is 229 cm³/mol. The number of benzene rings is 7.